The number of carbonyl (C=O) groups is 2. The van der Waals surface area contributed by atoms with Gasteiger partial charge >= 0.3 is 5.97 Å². The first-order valence-electron chi connectivity index (χ1n) is 44.6. The van der Waals surface area contributed by atoms with Crippen molar-refractivity contribution in [3.8, 4) is 0 Å². The van der Waals surface area contributed by atoms with Gasteiger partial charge in [0.25, 0.3) is 0 Å². The zero-order chi connectivity index (χ0) is 69.1. The second-order valence-corrected chi connectivity index (χ2v) is 30.9. The highest BCUT2D eigenvalue weighted by atomic mass is 16.5. The molecular weight excluding hydrogens is 1170 g/mol. The maximum atomic E-state index is 12.6. The highest BCUT2D eigenvalue weighted by molar-refractivity contribution is 5.76. The van der Waals surface area contributed by atoms with E-state index in [-0.39, 0.29) is 18.5 Å². The molecule has 0 saturated carbocycles. The van der Waals surface area contributed by atoms with Gasteiger partial charge in [0.2, 0.25) is 5.91 Å². The van der Waals surface area contributed by atoms with Gasteiger partial charge in [-0.2, -0.15) is 0 Å². The Morgan fingerprint density at radius 3 is 0.740 bits per heavy atom. The van der Waals surface area contributed by atoms with Gasteiger partial charge in [-0.25, -0.2) is 0 Å². The van der Waals surface area contributed by atoms with Crippen LogP contribution < -0.4 is 5.32 Å². The predicted molar refractivity (Wildman–Crippen MR) is 426 cm³/mol. The topological polar surface area (TPSA) is 95.9 Å². The second-order valence-electron chi connectivity index (χ2n) is 30.9. The largest absolute Gasteiger partial charge is 0.466 e. The van der Waals surface area contributed by atoms with Crippen LogP contribution in [0.25, 0.3) is 0 Å². The predicted octanol–water partition coefficient (Wildman–Crippen LogP) is 29.9. The minimum atomic E-state index is -0.663. The highest BCUT2D eigenvalue weighted by Gasteiger charge is 2.20. The van der Waals surface area contributed by atoms with Crippen molar-refractivity contribution in [3.05, 3.63) is 24.3 Å². The summed E-state index contributed by atoms with van der Waals surface area (Å²) >= 11 is 0. The molecule has 1 amide bonds. The summed E-state index contributed by atoms with van der Waals surface area (Å²) in [7, 11) is 0. The number of aliphatic hydroxyl groups excluding tert-OH is 2. The monoisotopic (exact) mass is 1350 g/mol. The first kappa shape index (κ1) is 94.3. The van der Waals surface area contributed by atoms with Gasteiger partial charge in [-0.1, -0.05) is 449 Å². The zero-order valence-corrected chi connectivity index (χ0v) is 65.7. The Balaban J connectivity index is 3.33. The first-order valence-corrected chi connectivity index (χ1v) is 44.6. The summed E-state index contributed by atoms with van der Waals surface area (Å²) in [6, 6.07) is -0.539. The SMILES string of the molecule is CCCCCCCCC/C=C\CCCCCCCC(=O)OCCCCCCCCCCCCCCCCCCCC/C=C\CCCCCCCCCCCCCCCCCCCC(=O)NC(CO)C(O)CCCCCCCCCCCCCCCCCCCCCCCCCC. The molecule has 6 heteroatoms. The Morgan fingerprint density at radius 2 is 0.490 bits per heavy atom. The number of ether oxygens (including phenoxy) is 1. The van der Waals surface area contributed by atoms with Crippen LogP contribution >= 0.6 is 0 Å². The van der Waals surface area contributed by atoms with Crippen molar-refractivity contribution in [1.29, 1.82) is 0 Å². The summed E-state index contributed by atoms with van der Waals surface area (Å²) < 4.78 is 5.51. The lowest BCUT2D eigenvalue weighted by Crippen LogP contribution is -2.45. The van der Waals surface area contributed by atoms with E-state index in [0.29, 0.717) is 25.9 Å². The van der Waals surface area contributed by atoms with Crippen LogP contribution in [0.1, 0.15) is 515 Å². The molecule has 0 fully saturated rings. The first-order chi connectivity index (χ1) is 47.5. The molecule has 0 bridgehead atoms. The third-order valence-electron chi connectivity index (χ3n) is 21.2. The van der Waals surface area contributed by atoms with Gasteiger partial charge in [0.1, 0.15) is 0 Å². The number of hydrogen-bond donors (Lipinski definition) is 3. The molecule has 2 unspecified atom stereocenters. The lowest BCUT2D eigenvalue weighted by Gasteiger charge is -2.22. The van der Waals surface area contributed by atoms with Crippen LogP contribution in [-0.2, 0) is 14.3 Å². The van der Waals surface area contributed by atoms with Crippen LogP contribution in [0.5, 0.6) is 0 Å². The van der Waals surface area contributed by atoms with Gasteiger partial charge in [-0.05, 0) is 77.0 Å². The van der Waals surface area contributed by atoms with E-state index in [0.717, 1.165) is 44.9 Å². The van der Waals surface area contributed by atoms with E-state index in [4.69, 9.17) is 4.74 Å². The van der Waals surface area contributed by atoms with Crippen LogP contribution in [0.4, 0.5) is 0 Å². The van der Waals surface area contributed by atoms with Crippen molar-refractivity contribution >= 4 is 11.9 Å². The lowest BCUT2D eigenvalue weighted by molar-refractivity contribution is -0.143. The van der Waals surface area contributed by atoms with Gasteiger partial charge in [0.05, 0.1) is 25.4 Å². The molecule has 96 heavy (non-hydrogen) atoms. The van der Waals surface area contributed by atoms with E-state index < -0.39 is 12.1 Å². The molecule has 0 aliphatic rings. The van der Waals surface area contributed by atoms with E-state index in [1.165, 1.54) is 437 Å². The second kappa shape index (κ2) is 85.8. The molecule has 0 spiro atoms. The fraction of sp³-hybridized carbons (Fsp3) is 0.933. The van der Waals surface area contributed by atoms with Crippen molar-refractivity contribution in [1.82, 2.24) is 5.32 Å². The molecule has 0 aromatic carbocycles. The normalized spacial score (nSPS) is 12.5. The van der Waals surface area contributed by atoms with Crippen LogP contribution in [0, 0.1) is 0 Å². The molecule has 0 aromatic rings. The number of unbranched alkanes of at least 4 members (excludes halogenated alkanes) is 70. The average molecular weight is 1350 g/mol. The molecular formula is C90H175NO5. The summed E-state index contributed by atoms with van der Waals surface area (Å²) in [6.07, 6.45) is 112. The van der Waals surface area contributed by atoms with Crippen molar-refractivity contribution in [2.24, 2.45) is 0 Å². The van der Waals surface area contributed by atoms with E-state index in [2.05, 4.69) is 43.5 Å². The minimum Gasteiger partial charge on any atom is -0.466 e. The van der Waals surface area contributed by atoms with Gasteiger partial charge < -0.3 is 20.3 Å². The van der Waals surface area contributed by atoms with E-state index in [1.807, 2.05) is 0 Å². The standard InChI is InChI=1S/C90H175NO5/c1-3-5-7-9-11-13-15-17-19-21-22-23-24-42-45-48-51-54-58-62-66-70-74-78-82-88(93)87(86-92)91-89(94)83-79-75-71-67-63-59-55-52-49-46-43-40-38-36-34-32-30-28-26-25-27-29-31-33-35-37-39-41-44-47-50-53-57-61-65-69-73-77-81-85-96-90(95)84-80-76-72-68-64-60-56-20-18-16-14-12-10-8-6-4-2/h20,25-26,56,87-88,92-93H,3-19,21-24,27-55,57-86H2,1-2H3,(H,91,94)/b26-25-,56-20-. The summed E-state index contributed by atoms with van der Waals surface area (Å²) in [4.78, 5) is 24.7. The van der Waals surface area contributed by atoms with Crippen LogP contribution in [0.2, 0.25) is 0 Å². The number of nitrogens with one attached hydrogen (secondary N) is 1. The molecule has 0 heterocycles. The molecule has 0 radical (unpaired) electrons. The van der Waals surface area contributed by atoms with E-state index in [1.54, 1.807) is 0 Å². The number of aliphatic hydroxyl groups is 2. The third kappa shape index (κ3) is 81.3. The molecule has 0 rings (SSSR count). The summed E-state index contributed by atoms with van der Waals surface area (Å²) in [6.45, 7) is 5.01. The number of carbonyl (C=O) groups excluding carboxylic acids is 2. The van der Waals surface area contributed by atoms with E-state index in [9.17, 15) is 19.8 Å². The Kier molecular flexibility index (Phi) is 84.3. The van der Waals surface area contributed by atoms with Crippen LogP contribution in [0.15, 0.2) is 24.3 Å². The van der Waals surface area contributed by atoms with Gasteiger partial charge in [-0.3, -0.25) is 9.59 Å². The number of hydrogen-bond acceptors (Lipinski definition) is 5. The lowest BCUT2D eigenvalue weighted by atomic mass is 10.0. The summed E-state index contributed by atoms with van der Waals surface area (Å²) in [5.41, 5.74) is 0. The molecule has 0 aliphatic heterocycles. The fourth-order valence-corrected chi connectivity index (χ4v) is 14.5. The van der Waals surface area contributed by atoms with Crippen molar-refractivity contribution in [2.45, 2.75) is 527 Å². The zero-order valence-electron chi connectivity index (χ0n) is 65.7. The van der Waals surface area contributed by atoms with E-state index >= 15 is 0 Å². The molecule has 6 nitrogen and oxygen atoms in total. The summed E-state index contributed by atoms with van der Waals surface area (Å²) in [5.74, 6) is -0.00786. The van der Waals surface area contributed by atoms with Gasteiger partial charge in [0.15, 0.2) is 0 Å². The molecule has 0 aromatic heterocycles. The number of amides is 1. The Bertz CT molecular complexity index is 1510. The molecule has 570 valence electrons. The number of rotatable bonds is 85. The minimum absolute atomic E-state index is 0.0163. The fourth-order valence-electron chi connectivity index (χ4n) is 14.5. The summed E-state index contributed by atoms with van der Waals surface area (Å²) in [5, 5.41) is 23.5. The smallest absolute Gasteiger partial charge is 0.305 e. The average Bonchev–Trinajstić information content (AvgIpc) is 2.37. The third-order valence-corrected chi connectivity index (χ3v) is 21.2. The number of esters is 1. The molecule has 3 N–H and O–H groups in total. The Hall–Kier alpha value is -1.66. The van der Waals surface area contributed by atoms with Crippen LogP contribution in [0.3, 0.4) is 0 Å². The van der Waals surface area contributed by atoms with Crippen molar-refractivity contribution in [2.75, 3.05) is 13.2 Å². The maximum Gasteiger partial charge on any atom is 0.305 e. The van der Waals surface area contributed by atoms with Crippen molar-refractivity contribution in [3.63, 3.8) is 0 Å². The molecule has 2 atom stereocenters. The highest BCUT2D eigenvalue weighted by Crippen LogP contribution is 2.21. The van der Waals surface area contributed by atoms with Gasteiger partial charge in [-0.15, -0.1) is 0 Å². The molecule has 0 saturated heterocycles. The quantitative estimate of drug-likeness (QED) is 0.0320. The number of allylic oxidation sites excluding steroid dienone is 4. The van der Waals surface area contributed by atoms with Crippen molar-refractivity contribution < 1.29 is 24.5 Å². The maximum absolute atomic E-state index is 12.6. The Labute approximate surface area is 602 Å². The Morgan fingerprint density at radius 1 is 0.281 bits per heavy atom. The molecule has 0 aliphatic carbocycles. The van der Waals surface area contributed by atoms with Gasteiger partial charge in [0, 0.05) is 12.8 Å². The van der Waals surface area contributed by atoms with Crippen LogP contribution in [-0.4, -0.2) is 47.4 Å².